The zero-order chi connectivity index (χ0) is 38.1. The molecule has 0 amide bonds. The summed E-state index contributed by atoms with van der Waals surface area (Å²) in [5.74, 6) is 2.55. The van der Waals surface area contributed by atoms with Crippen molar-refractivity contribution >= 4 is 63.7 Å². The van der Waals surface area contributed by atoms with Crippen LogP contribution in [0.1, 0.15) is 91.9 Å². The first kappa shape index (κ1) is 36.8. The Morgan fingerprint density at radius 1 is 0.818 bits per heavy atom. The first-order chi connectivity index (χ1) is 26.6. The fraction of sp³-hybridized carbons (Fsp3) is 0.532. The molecule has 0 saturated heterocycles. The molecule has 10 atom stereocenters. The largest absolute Gasteiger partial charge is 0.469 e. The predicted octanol–water partition coefficient (Wildman–Crippen LogP) is 12.2. The highest BCUT2D eigenvalue weighted by molar-refractivity contribution is 7.31. The normalized spacial score (nSPS) is 32.1. The summed E-state index contributed by atoms with van der Waals surface area (Å²) in [5.41, 5.74) is 1.61. The molecule has 0 unspecified atom stereocenters. The summed E-state index contributed by atoms with van der Waals surface area (Å²) in [5, 5.41) is 6.67. The van der Waals surface area contributed by atoms with Gasteiger partial charge in [-0.25, -0.2) is 0 Å². The number of carbonyl (C=O) groups is 2. The quantitative estimate of drug-likeness (QED) is 0.153. The van der Waals surface area contributed by atoms with E-state index < -0.39 is 8.24 Å². The first-order valence-electron chi connectivity index (χ1n) is 20.7. The number of carbonyl (C=O) groups excluding carboxylic acids is 2. The second-order valence-electron chi connectivity index (χ2n) is 17.9. The lowest BCUT2D eigenvalue weighted by molar-refractivity contribution is -0.172. The molecule has 1 aromatic heterocycles. The smallest absolute Gasteiger partial charge is 0.387 e. The lowest BCUT2D eigenvalue weighted by atomic mass is 9.43. The molecule has 1 heterocycles. The average molecular weight is 763 g/mol. The monoisotopic (exact) mass is 762 g/mol. The summed E-state index contributed by atoms with van der Waals surface area (Å²) >= 11 is 0. The van der Waals surface area contributed by atoms with Crippen LogP contribution in [0.15, 0.2) is 81.2 Å². The van der Waals surface area contributed by atoms with Crippen molar-refractivity contribution in [2.45, 2.75) is 104 Å². The lowest BCUT2D eigenvalue weighted by Gasteiger charge is -2.62. The van der Waals surface area contributed by atoms with Crippen LogP contribution in [0.5, 0.6) is 0 Å². The molecule has 7 nitrogen and oxygen atoms in total. The van der Waals surface area contributed by atoms with Crippen LogP contribution in [0.3, 0.4) is 0 Å². The SMILES string of the molecule is COC(=O)CC[C@@H](C)[C@H]1CC[C@H]2[C@@H]3CC[C@@H]4C[C@H](OC(C)=O)CC[C@]4(C)[C@H]3C[C@H](Op3oc4ccc5ccccc5c4c4c(ccc5ccccc54)o3)[C@]12C. The highest BCUT2D eigenvalue weighted by Gasteiger charge is 2.65. The Morgan fingerprint density at radius 3 is 2.11 bits per heavy atom. The van der Waals surface area contributed by atoms with Crippen LogP contribution >= 0.6 is 8.24 Å². The van der Waals surface area contributed by atoms with Gasteiger partial charge in [-0.05, 0) is 132 Å². The molecule has 0 spiro atoms. The molecule has 0 radical (unpaired) electrons. The van der Waals surface area contributed by atoms with E-state index in [1.165, 1.54) is 26.4 Å². The van der Waals surface area contributed by atoms with Crippen LogP contribution in [-0.2, 0) is 19.1 Å². The van der Waals surface area contributed by atoms with Crippen molar-refractivity contribution in [2.75, 3.05) is 7.11 Å². The van der Waals surface area contributed by atoms with Gasteiger partial charge in [0.05, 0.1) is 13.2 Å². The highest BCUT2D eigenvalue weighted by Crippen LogP contribution is 2.69. The highest BCUT2D eigenvalue weighted by atomic mass is 31.1. The van der Waals surface area contributed by atoms with Crippen LogP contribution in [-0.4, -0.2) is 31.3 Å². The first-order valence-corrected chi connectivity index (χ1v) is 21.8. The summed E-state index contributed by atoms with van der Waals surface area (Å²) in [4.78, 5) is 24.3. The Hall–Kier alpha value is -3.80. The molecule has 0 N–H and O–H groups in total. The molecule has 290 valence electrons. The van der Waals surface area contributed by atoms with E-state index in [0.29, 0.717) is 41.9 Å². The molecule has 9 rings (SSSR count). The second-order valence-corrected chi connectivity index (χ2v) is 18.9. The third-order valence-electron chi connectivity index (χ3n) is 15.4. The number of hydrogen-bond donors (Lipinski definition) is 0. The Bertz CT molecular complexity index is 2220. The van der Waals surface area contributed by atoms with Gasteiger partial charge in [-0.1, -0.05) is 81.4 Å². The van der Waals surface area contributed by atoms with Crippen molar-refractivity contribution in [1.82, 2.24) is 0 Å². The van der Waals surface area contributed by atoms with E-state index in [1.807, 2.05) is 0 Å². The summed E-state index contributed by atoms with van der Waals surface area (Å²) < 4.78 is 32.4. The number of esters is 2. The Kier molecular flexibility index (Phi) is 9.57. The van der Waals surface area contributed by atoms with Crippen molar-refractivity contribution in [3.63, 3.8) is 0 Å². The molecule has 0 aliphatic heterocycles. The minimum Gasteiger partial charge on any atom is -0.469 e. The molecule has 4 aromatic carbocycles. The molecule has 4 fully saturated rings. The fourth-order valence-electron chi connectivity index (χ4n) is 12.8. The van der Waals surface area contributed by atoms with Crippen LogP contribution in [0.25, 0.3) is 43.5 Å². The van der Waals surface area contributed by atoms with E-state index in [0.717, 1.165) is 82.0 Å². The van der Waals surface area contributed by atoms with E-state index in [-0.39, 0.29) is 35.0 Å². The molecule has 55 heavy (non-hydrogen) atoms. The third-order valence-corrected chi connectivity index (χ3v) is 16.5. The average Bonchev–Trinajstić information content (AvgIpc) is 3.46. The molecular weight excluding hydrogens is 707 g/mol. The molecule has 8 heteroatoms. The number of fused-ring (bicyclic) bond motifs is 12. The number of rotatable bonds is 7. The second kappa shape index (κ2) is 14.3. The molecule has 4 aliphatic carbocycles. The molecule has 0 bridgehead atoms. The third kappa shape index (κ3) is 6.20. The molecular formula is C47H55O7P. The van der Waals surface area contributed by atoms with Crippen LogP contribution in [0.4, 0.5) is 0 Å². The summed E-state index contributed by atoms with van der Waals surface area (Å²) in [6, 6.07) is 25.5. The van der Waals surface area contributed by atoms with Crippen molar-refractivity contribution in [2.24, 2.45) is 46.3 Å². The van der Waals surface area contributed by atoms with Gasteiger partial charge in [-0.3, -0.25) is 14.1 Å². The Balaban J connectivity index is 1.17. The number of benzene rings is 4. The van der Waals surface area contributed by atoms with Crippen LogP contribution < -0.4 is 4.52 Å². The van der Waals surface area contributed by atoms with Crippen molar-refractivity contribution in [3.8, 4) is 0 Å². The van der Waals surface area contributed by atoms with Gasteiger partial charge in [0.15, 0.2) is 0 Å². The zero-order valence-electron chi connectivity index (χ0n) is 32.9. The van der Waals surface area contributed by atoms with Gasteiger partial charge in [-0.15, -0.1) is 0 Å². The van der Waals surface area contributed by atoms with Crippen molar-refractivity contribution in [1.29, 1.82) is 0 Å². The van der Waals surface area contributed by atoms with Gasteiger partial charge in [0, 0.05) is 29.5 Å². The van der Waals surface area contributed by atoms with E-state index in [1.54, 1.807) is 6.92 Å². The van der Waals surface area contributed by atoms with Gasteiger partial charge in [0.1, 0.15) is 17.3 Å². The minimum absolute atomic E-state index is 0.0168. The predicted molar refractivity (Wildman–Crippen MR) is 218 cm³/mol. The summed E-state index contributed by atoms with van der Waals surface area (Å²) in [6.07, 6.45) is 9.74. The van der Waals surface area contributed by atoms with Crippen LogP contribution in [0.2, 0.25) is 0 Å². The fourth-order valence-corrected chi connectivity index (χ4v) is 14.0. The lowest BCUT2D eigenvalue weighted by Crippen LogP contribution is -2.60. The van der Waals surface area contributed by atoms with Gasteiger partial charge < -0.3 is 17.9 Å². The van der Waals surface area contributed by atoms with Crippen molar-refractivity contribution < 1.29 is 32.0 Å². The van der Waals surface area contributed by atoms with Crippen LogP contribution in [0, 0.1) is 46.3 Å². The molecule has 4 aliphatic rings. The number of ether oxygens (including phenoxy) is 2. The summed E-state index contributed by atoms with van der Waals surface area (Å²) in [6.45, 7) is 8.92. The topological polar surface area (TPSA) is 88.1 Å². The maximum absolute atomic E-state index is 12.4. The molecule has 5 aromatic rings. The number of methoxy groups -OCH3 is 1. The van der Waals surface area contributed by atoms with E-state index >= 15 is 0 Å². The van der Waals surface area contributed by atoms with E-state index in [9.17, 15) is 9.59 Å². The Labute approximate surface area is 325 Å². The van der Waals surface area contributed by atoms with E-state index in [2.05, 4.69) is 93.6 Å². The van der Waals surface area contributed by atoms with E-state index in [4.69, 9.17) is 22.4 Å². The number of hydrogen-bond acceptors (Lipinski definition) is 7. The maximum atomic E-state index is 12.4. The van der Waals surface area contributed by atoms with Gasteiger partial charge in [-0.2, -0.15) is 0 Å². The minimum atomic E-state index is -1.83. The van der Waals surface area contributed by atoms with Crippen molar-refractivity contribution in [3.05, 3.63) is 72.8 Å². The van der Waals surface area contributed by atoms with Gasteiger partial charge in [0.25, 0.3) is 0 Å². The zero-order valence-corrected chi connectivity index (χ0v) is 33.8. The van der Waals surface area contributed by atoms with Gasteiger partial charge >= 0.3 is 20.2 Å². The standard InChI is InChI=1S/C47H55O7P/c1-28(14-23-43(49)50-5)37-19-20-38-36-18-17-32-26-33(51-29(2)48)24-25-46(32,3)39(36)27-42(47(37,38)4)54-55-52-40-21-15-30-10-6-8-12-34(30)44(40)45-35-13-9-7-11-31(35)16-22-41(45)53-55/h6-13,15-16,21-22,28,32-33,36-39,42H,14,17-20,23-27H2,1-5H3/t28-,32-,33-,36+,37-,38+,39+,42+,46+,47-/m1/s1. The maximum Gasteiger partial charge on any atom is 0.387 e. The molecule has 4 saturated carbocycles. The van der Waals surface area contributed by atoms with Gasteiger partial charge in [0.2, 0.25) is 0 Å². The Morgan fingerprint density at radius 2 is 1.47 bits per heavy atom. The summed E-state index contributed by atoms with van der Waals surface area (Å²) in [7, 11) is -0.344.